The zero-order valence-corrected chi connectivity index (χ0v) is 10.7. The van der Waals surface area contributed by atoms with Crippen LogP contribution in [0.2, 0.25) is 0 Å². The molecule has 2 aromatic carbocycles. The van der Waals surface area contributed by atoms with E-state index in [-0.39, 0.29) is 16.6 Å². The molecule has 0 radical (unpaired) electrons. The molecular weight excluding hydrogens is 273 g/mol. The quantitative estimate of drug-likeness (QED) is 0.755. The third-order valence-electron chi connectivity index (χ3n) is 3.18. The number of halogens is 1. The Bertz CT molecular complexity index is 847. The SMILES string of the molecule is O=C(O)c1c(O)c(-c2ccccc2)nc2ccc(F)cc12. The van der Waals surface area contributed by atoms with E-state index in [1.165, 1.54) is 12.1 Å². The molecule has 0 unspecified atom stereocenters. The number of aromatic hydroxyl groups is 1. The normalized spacial score (nSPS) is 10.7. The molecule has 0 bridgehead atoms. The number of benzene rings is 2. The zero-order chi connectivity index (χ0) is 15.0. The summed E-state index contributed by atoms with van der Waals surface area (Å²) in [5.41, 5.74) is 0.708. The molecule has 0 saturated heterocycles. The van der Waals surface area contributed by atoms with Crippen molar-refractivity contribution >= 4 is 16.9 Å². The maximum Gasteiger partial charge on any atom is 0.340 e. The number of rotatable bonds is 2. The maximum atomic E-state index is 13.3. The predicted octanol–water partition coefficient (Wildman–Crippen LogP) is 3.44. The van der Waals surface area contributed by atoms with E-state index in [2.05, 4.69) is 4.98 Å². The Morgan fingerprint density at radius 1 is 1.10 bits per heavy atom. The summed E-state index contributed by atoms with van der Waals surface area (Å²) in [7, 11) is 0. The summed E-state index contributed by atoms with van der Waals surface area (Å²) in [5.74, 6) is -2.38. The first kappa shape index (κ1) is 13.1. The van der Waals surface area contributed by atoms with Crippen LogP contribution in [0.15, 0.2) is 48.5 Å². The van der Waals surface area contributed by atoms with Crippen molar-refractivity contribution in [3.63, 3.8) is 0 Å². The van der Waals surface area contributed by atoms with Crippen molar-refractivity contribution in [2.45, 2.75) is 0 Å². The van der Waals surface area contributed by atoms with Gasteiger partial charge in [-0.3, -0.25) is 0 Å². The second kappa shape index (κ2) is 4.86. The highest BCUT2D eigenvalue weighted by Crippen LogP contribution is 2.35. The van der Waals surface area contributed by atoms with Gasteiger partial charge in [-0.1, -0.05) is 30.3 Å². The second-order valence-electron chi connectivity index (χ2n) is 4.52. The Hall–Kier alpha value is -2.95. The fraction of sp³-hybridized carbons (Fsp3) is 0. The molecule has 1 aromatic heterocycles. The number of nitrogens with zero attached hydrogens (tertiary/aromatic N) is 1. The van der Waals surface area contributed by atoms with Crippen molar-refractivity contribution in [2.24, 2.45) is 0 Å². The first-order valence-electron chi connectivity index (χ1n) is 6.19. The number of pyridine rings is 1. The molecule has 3 aromatic rings. The van der Waals surface area contributed by atoms with Crippen LogP contribution < -0.4 is 0 Å². The van der Waals surface area contributed by atoms with E-state index in [1.54, 1.807) is 30.3 Å². The highest BCUT2D eigenvalue weighted by molar-refractivity contribution is 6.07. The van der Waals surface area contributed by atoms with Crippen molar-refractivity contribution in [1.29, 1.82) is 0 Å². The molecule has 21 heavy (non-hydrogen) atoms. The van der Waals surface area contributed by atoms with Gasteiger partial charge in [0.25, 0.3) is 0 Å². The van der Waals surface area contributed by atoms with Crippen LogP contribution in [0.5, 0.6) is 5.75 Å². The Kier molecular flexibility index (Phi) is 3.02. The molecule has 0 aliphatic heterocycles. The first-order valence-corrected chi connectivity index (χ1v) is 6.19. The Labute approximate surface area is 119 Å². The van der Waals surface area contributed by atoms with Gasteiger partial charge in [0.2, 0.25) is 0 Å². The van der Waals surface area contributed by atoms with Crippen molar-refractivity contribution in [2.75, 3.05) is 0 Å². The van der Waals surface area contributed by atoms with Gasteiger partial charge in [-0.05, 0) is 18.2 Å². The molecule has 0 amide bonds. The Morgan fingerprint density at radius 2 is 1.81 bits per heavy atom. The summed E-state index contributed by atoms with van der Waals surface area (Å²) >= 11 is 0. The number of hydrogen-bond acceptors (Lipinski definition) is 3. The fourth-order valence-corrected chi connectivity index (χ4v) is 2.24. The molecule has 0 fully saturated rings. The topological polar surface area (TPSA) is 70.4 Å². The van der Waals surface area contributed by atoms with Crippen LogP contribution in [0.3, 0.4) is 0 Å². The van der Waals surface area contributed by atoms with Gasteiger partial charge >= 0.3 is 5.97 Å². The fourth-order valence-electron chi connectivity index (χ4n) is 2.24. The number of aromatic nitrogens is 1. The van der Waals surface area contributed by atoms with E-state index in [1.807, 2.05) is 0 Å². The molecule has 2 N–H and O–H groups in total. The molecule has 1 heterocycles. The summed E-state index contributed by atoms with van der Waals surface area (Å²) in [6.45, 7) is 0. The molecule has 0 atom stereocenters. The van der Waals surface area contributed by atoms with E-state index in [0.717, 1.165) is 6.07 Å². The van der Waals surface area contributed by atoms with Crippen LogP contribution in [-0.2, 0) is 0 Å². The van der Waals surface area contributed by atoms with Crippen LogP contribution in [0.4, 0.5) is 4.39 Å². The van der Waals surface area contributed by atoms with Gasteiger partial charge in [0.15, 0.2) is 5.75 Å². The highest BCUT2D eigenvalue weighted by Gasteiger charge is 2.21. The van der Waals surface area contributed by atoms with E-state index in [9.17, 15) is 19.4 Å². The molecule has 0 saturated carbocycles. The first-order chi connectivity index (χ1) is 10.1. The summed E-state index contributed by atoms with van der Waals surface area (Å²) in [5, 5.41) is 19.6. The number of carboxylic acid groups (broad SMARTS) is 1. The summed E-state index contributed by atoms with van der Waals surface area (Å²) < 4.78 is 13.3. The van der Waals surface area contributed by atoms with Gasteiger partial charge < -0.3 is 10.2 Å². The summed E-state index contributed by atoms with van der Waals surface area (Å²) in [4.78, 5) is 15.7. The standard InChI is InChI=1S/C16H10FNO3/c17-10-6-7-12-11(8-10)13(16(20)21)15(19)14(18-12)9-4-2-1-3-5-9/h1-8,19H,(H,20,21). The van der Waals surface area contributed by atoms with E-state index < -0.39 is 17.5 Å². The number of carboxylic acids is 1. The molecular formula is C16H10FNO3. The van der Waals surface area contributed by atoms with Gasteiger partial charge in [0, 0.05) is 10.9 Å². The van der Waals surface area contributed by atoms with E-state index in [0.29, 0.717) is 11.1 Å². The molecule has 0 aliphatic rings. The van der Waals surface area contributed by atoms with Gasteiger partial charge in [-0.2, -0.15) is 0 Å². The molecule has 4 nitrogen and oxygen atoms in total. The monoisotopic (exact) mass is 283 g/mol. The van der Waals surface area contributed by atoms with Crippen LogP contribution >= 0.6 is 0 Å². The Balaban J connectivity index is 2.41. The van der Waals surface area contributed by atoms with Crippen molar-refractivity contribution < 1.29 is 19.4 Å². The van der Waals surface area contributed by atoms with Crippen molar-refractivity contribution in [3.05, 3.63) is 59.9 Å². The molecule has 104 valence electrons. The third-order valence-corrected chi connectivity index (χ3v) is 3.18. The van der Waals surface area contributed by atoms with Gasteiger partial charge in [0.05, 0.1) is 5.52 Å². The maximum absolute atomic E-state index is 13.3. The minimum absolute atomic E-state index is 0.0691. The predicted molar refractivity (Wildman–Crippen MR) is 75.8 cm³/mol. The van der Waals surface area contributed by atoms with Crippen LogP contribution in [0.1, 0.15) is 10.4 Å². The zero-order valence-electron chi connectivity index (χ0n) is 10.7. The second-order valence-corrected chi connectivity index (χ2v) is 4.52. The number of aromatic carboxylic acids is 1. The molecule has 0 spiro atoms. The largest absolute Gasteiger partial charge is 0.505 e. The number of carbonyl (C=O) groups is 1. The van der Waals surface area contributed by atoms with Crippen molar-refractivity contribution in [1.82, 2.24) is 4.98 Å². The van der Waals surface area contributed by atoms with Crippen LogP contribution in [-0.4, -0.2) is 21.2 Å². The minimum Gasteiger partial charge on any atom is -0.505 e. The number of hydrogen-bond donors (Lipinski definition) is 2. The summed E-state index contributed by atoms with van der Waals surface area (Å²) in [6.07, 6.45) is 0. The smallest absolute Gasteiger partial charge is 0.340 e. The van der Waals surface area contributed by atoms with Crippen molar-refractivity contribution in [3.8, 4) is 17.0 Å². The van der Waals surface area contributed by atoms with Gasteiger partial charge in [-0.25, -0.2) is 14.2 Å². The third kappa shape index (κ3) is 2.18. The van der Waals surface area contributed by atoms with Crippen LogP contribution in [0, 0.1) is 5.82 Å². The molecule has 0 aliphatic carbocycles. The lowest BCUT2D eigenvalue weighted by atomic mass is 10.0. The lowest BCUT2D eigenvalue weighted by molar-refractivity contribution is 0.0696. The molecule has 5 heteroatoms. The van der Waals surface area contributed by atoms with Gasteiger partial charge in [-0.15, -0.1) is 0 Å². The lowest BCUT2D eigenvalue weighted by Crippen LogP contribution is -2.02. The van der Waals surface area contributed by atoms with Gasteiger partial charge in [0.1, 0.15) is 17.1 Å². The number of fused-ring (bicyclic) bond motifs is 1. The van der Waals surface area contributed by atoms with Crippen LogP contribution in [0.25, 0.3) is 22.2 Å². The van der Waals surface area contributed by atoms with E-state index in [4.69, 9.17) is 0 Å². The highest BCUT2D eigenvalue weighted by atomic mass is 19.1. The average molecular weight is 283 g/mol. The molecule has 3 rings (SSSR count). The Morgan fingerprint density at radius 3 is 2.48 bits per heavy atom. The summed E-state index contributed by atoms with van der Waals surface area (Å²) in [6, 6.07) is 12.4. The average Bonchev–Trinajstić information content (AvgIpc) is 2.47. The van der Waals surface area contributed by atoms with E-state index >= 15 is 0 Å². The lowest BCUT2D eigenvalue weighted by Gasteiger charge is -2.10. The minimum atomic E-state index is -1.33.